The lowest BCUT2D eigenvalue weighted by Gasteiger charge is -2.16. The highest BCUT2D eigenvalue weighted by atomic mass is 127. The number of fused-ring (bicyclic) bond motifs is 1. The first-order chi connectivity index (χ1) is 14.5. The second-order valence-corrected chi connectivity index (χ2v) is 7.66. The number of anilines is 1. The molecule has 11 heteroatoms. The van der Waals surface area contributed by atoms with Crippen LogP contribution in [0.4, 0.5) is 5.82 Å². The Bertz CT molecular complexity index is 1050. The summed E-state index contributed by atoms with van der Waals surface area (Å²) in [6.45, 7) is 2.46. The monoisotopic (exact) mass is 525 g/mol. The molecule has 158 valence electrons. The van der Waals surface area contributed by atoms with Gasteiger partial charge in [-0.1, -0.05) is 18.2 Å². The normalized spacial score (nSPS) is 23.7. The smallest absolute Gasteiger partial charge is 0.256 e. The fourth-order valence-corrected chi connectivity index (χ4v) is 3.73. The summed E-state index contributed by atoms with van der Waals surface area (Å²) in [6, 6.07) is 8.75. The molecule has 1 aliphatic heterocycles. The quantitative estimate of drug-likeness (QED) is 0.325. The highest BCUT2D eigenvalue weighted by Gasteiger charge is 2.44. The average molecular weight is 525 g/mol. The summed E-state index contributed by atoms with van der Waals surface area (Å²) in [5.41, 5.74) is 1.19. The van der Waals surface area contributed by atoms with Gasteiger partial charge in [0, 0.05) is 34.8 Å². The number of imidazole rings is 1. The molecule has 0 bridgehead atoms. The number of nitrogens with zero attached hydrogens (tertiary/aromatic N) is 4. The van der Waals surface area contributed by atoms with Gasteiger partial charge >= 0.3 is 0 Å². The van der Waals surface area contributed by atoms with Crippen molar-refractivity contribution in [1.82, 2.24) is 19.5 Å². The SMILES string of the molecule is CCOC[C@H]1O[C@@H](n2cnc3c(NC(=O)c4ccccc4)nc(I)nc32)[C@H](O)[C@@H]1O. The fourth-order valence-electron chi connectivity index (χ4n) is 3.26. The maximum absolute atomic E-state index is 12.6. The molecule has 0 radical (unpaired) electrons. The van der Waals surface area contributed by atoms with E-state index in [1.807, 2.05) is 35.6 Å². The van der Waals surface area contributed by atoms with E-state index < -0.39 is 24.5 Å². The highest BCUT2D eigenvalue weighted by molar-refractivity contribution is 14.1. The number of aliphatic hydroxyl groups excluding tert-OH is 2. The summed E-state index contributed by atoms with van der Waals surface area (Å²) in [5, 5.41) is 23.6. The topological polar surface area (TPSA) is 132 Å². The Morgan fingerprint density at radius 2 is 2.03 bits per heavy atom. The Morgan fingerprint density at radius 3 is 2.77 bits per heavy atom. The van der Waals surface area contributed by atoms with Gasteiger partial charge in [-0.3, -0.25) is 9.36 Å². The minimum atomic E-state index is -1.19. The van der Waals surface area contributed by atoms with Crippen LogP contribution in [0.5, 0.6) is 0 Å². The number of rotatable bonds is 6. The van der Waals surface area contributed by atoms with E-state index in [-0.39, 0.29) is 18.3 Å². The van der Waals surface area contributed by atoms with Crippen molar-refractivity contribution in [2.45, 2.75) is 31.5 Å². The van der Waals surface area contributed by atoms with E-state index in [1.54, 1.807) is 24.3 Å². The number of aliphatic hydroxyl groups is 2. The lowest BCUT2D eigenvalue weighted by atomic mass is 10.1. The molecule has 30 heavy (non-hydrogen) atoms. The van der Waals surface area contributed by atoms with Gasteiger partial charge in [-0.25, -0.2) is 15.0 Å². The van der Waals surface area contributed by atoms with Crippen LogP contribution in [0.2, 0.25) is 0 Å². The van der Waals surface area contributed by atoms with E-state index in [2.05, 4.69) is 20.3 Å². The number of ether oxygens (including phenoxy) is 2. The second kappa shape index (κ2) is 8.89. The van der Waals surface area contributed by atoms with Crippen LogP contribution in [0.1, 0.15) is 23.5 Å². The van der Waals surface area contributed by atoms with Crippen LogP contribution in [0.3, 0.4) is 0 Å². The Hall–Kier alpha value is -2.19. The minimum absolute atomic E-state index is 0.156. The van der Waals surface area contributed by atoms with Crippen molar-refractivity contribution in [2.75, 3.05) is 18.5 Å². The van der Waals surface area contributed by atoms with E-state index in [4.69, 9.17) is 9.47 Å². The van der Waals surface area contributed by atoms with Crippen molar-refractivity contribution in [3.8, 4) is 0 Å². The van der Waals surface area contributed by atoms with Crippen molar-refractivity contribution in [1.29, 1.82) is 0 Å². The summed E-state index contributed by atoms with van der Waals surface area (Å²) in [6.07, 6.45) is -2.45. The predicted octanol–water partition coefficient (Wildman–Crippen LogP) is 1.34. The Kier molecular flexibility index (Phi) is 6.24. The molecule has 3 heterocycles. The van der Waals surface area contributed by atoms with Gasteiger partial charge in [0.1, 0.15) is 18.3 Å². The van der Waals surface area contributed by atoms with Gasteiger partial charge in [-0.2, -0.15) is 0 Å². The molecule has 10 nitrogen and oxygen atoms in total. The van der Waals surface area contributed by atoms with E-state index in [9.17, 15) is 15.0 Å². The summed E-state index contributed by atoms with van der Waals surface area (Å²) < 4.78 is 13.0. The summed E-state index contributed by atoms with van der Waals surface area (Å²) in [4.78, 5) is 25.5. The highest BCUT2D eigenvalue weighted by Crippen LogP contribution is 2.32. The molecular weight excluding hydrogens is 505 g/mol. The second-order valence-electron chi connectivity index (χ2n) is 6.69. The molecule has 0 aliphatic carbocycles. The third-order valence-corrected chi connectivity index (χ3v) is 5.24. The zero-order chi connectivity index (χ0) is 21.3. The van der Waals surface area contributed by atoms with Crippen LogP contribution < -0.4 is 5.32 Å². The van der Waals surface area contributed by atoms with Crippen molar-refractivity contribution in [2.24, 2.45) is 0 Å². The van der Waals surface area contributed by atoms with Gasteiger partial charge in [0.25, 0.3) is 5.91 Å². The molecular formula is C19H20IN5O5. The molecule has 4 atom stereocenters. The Morgan fingerprint density at radius 1 is 1.27 bits per heavy atom. The molecule has 3 N–H and O–H groups in total. The zero-order valence-corrected chi connectivity index (χ0v) is 18.1. The van der Waals surface area contributed by atoms with Crippen LogP contribution in [0, 0.1) is 3.83 Å². The van der Waals surface area contributed by atoms with Crippen molar-refractivity contribution < 1.29 is 24.5 Å². The number of amides is 1. The first-order valence-corrected chi connectivity index (χ1v) is 10.4. The summed E-state index contributed by atoms with van der Waals surface area (Å²) >= 11 is 1.94. The largest absolute Gasteiger partial charge is 0.387 e. The van der Waals surface area contributed by atoms with Gasteiger partial charge < -0.3 is 25.0 Å². The van der Waals surface area contributed by atoms with E-state index in [0.29, 0.717) is 27.2 Å². The molecule has 2 aromatic heterocycles. The van der Waals surface area contributed by atoms with Gasteiger partial charge in [-0.15, -0.1) is 0 Å². The number of hydrogen-bond donors (Lipinski definition) is 3. The molecule has 3 aromatic rings. The van der Waals surface area contributed by atoms with E-state index in [0.717, 1.165) is 0 Å². The summed E-state index contributed by atoms with van der Waals surface area (Å²) in [7, 11) is 0. The van der Waals surface area contributed by atoms with Crippen LogP contribution in [-0.2, 0) is 9.47 Å². The maximum atomic E-state index is 12.6. The lowest BCUT2D eigenvalue weighted by Crippen LogP contribution is -2.33. The first kappa shape index (κ1) is 21.1. The standard InChI is InChI=1S/C19H20IN5O5/c1-2-29-8-11-13(26)14(27)18(30-11)25-9-21-12-15(23-19(20)24-16(12)25)22-17(28)10-6-4-3-5-7-10/h3-7,9,11,13-14,18,26-27H,2,8H2,1H3,(H,22,23,24,28)/t11-,13-,14-,18-/m1/s1. The number of carbonyl (C=O) groups is 1. The van der Waals surface area contributed by atoms with E-state index in [1.165, 1.54) is 10.9 Å². The van der Waals surface area contributed by atoms with Crippen LogP contribution in [0.15, 0.2) is 36.7 Å². The Labute approximate surface area is 185 Å². The third-order valence-electron chi connectivity index (χ3n) is 4.76. The lowest BCUT2D eigenvalue weighted by molar-refractivity contribution is -0.0638. The minimum Gasteiger partial charge on any atom is -0.387 e. The molecule has 1 aliphatic rings. The van der Waals surface area contributed by atoms with Crippen molar-refractivity contribution >= 4 is 45.5 Å². The number of nitrogens with one attached hydrogen (secondary N) is 1. The predicted molar refractivity (Wildman–Crippen MR) is 115 cm³/mol. The van der Waals surface area contributed by atoms with Gasteiger partial charge in [0.15, 0.2) is 27.0 Å². The molecule has 0 saturated carbocycles. The van der Waals surface area contributed by atoms with Crippen molar-refractivity contribution in [3.63, 3.8) is 0 Å². The van der Waals surface area contributed by atoms with Crippen LogP contribution >= 0.6 is 22.6 Å². The first-order valence-electron chi connectivity index (χ1n) is 9.35. The number of benzene rings is 1. The molecule has 1 fully saturated rings. The molecule has 4 rings (SSSR count). The number of carbonyl (C=O) groups excluding carboxylic acids is 1. The van der Waals surface area contributed by atoms with Gasteiger partial charge in [0.05, 0.1) is 12.9 Å². The zero-order valence-electron chi connectivity index (χ0n) is 16.0. The van der Waals surface area contributed by atoms with Crippen LogP contribution in [0.25, 0.3) is 11.2 Å². The van der Waals surface area contributed by atoms with E-state index >= 15 is 0 Å². The Balaban J connectivity index is 1.65. The molecule has 0 unspecified atom stereocenters. The van der Waals surface area contributed by atoms with Gasteiger partial charge in [-0.05, 0) is 19.1 Å². The summed E-state index contributed by atoms with van der Waals surface area (Å²) in [5.74, 6) is -0.0822. The number of halogens is 1. The maximum Gasteiger partial charge on any atom is 0.256 e. The molecule has 0 spiro atoms. The fraction of sp³-hybridized carbons (Fsp3) is 0.368. The molecule has 1 saturated heterocycles. The number of aromatic nitrogens is 4. The molecule has 1 aromatic carbocycles. The third kappa shape index (κ3) is 4.03. The molecule has 1 amide bonds. The van der Waals surface area contributed by atoms with Gasteiger partial charge in [0.2, 0.25) is 0 Å². The van der Waals surface area contributed by atoms with Crippen molar-refractivity contribution in [3.05, 3.63) is 46.1 Å². The average Bonchev–Trinajstić information content (AvgIpc) is 3.28. The van der Waals surface area contributed by atoms with Crippen LogP contribution in [-0.4, -0.2) is 67.2 Å². The number of hydrogen-bond acceptors (Lipinski definition) is 8.